The van der Waals surface area contributed by atoms with Gasteiger partial charge in [0.05, 0.1) is 25.6 Å². The molecule has 0 unspecified atom stereocenters. The fourth-order valence-corrected chi connectivity index (χ4v) is 3.06. The van der Waals surface area contributed by atoms with Crippen molar-refractivity contribution in [1.82, 2.24) is 15.2 Å². The van der Waals surface area contributed by atoms with Gasteiger partial charge in [0.1, 0.15) is 0 Å². The largest absolute Gasteiger partial charge is 0.466 e. The highest BCUT2D eigenvalue weighted by atomic mass is 16.5. The van der Waals surface area contributed by atoms with Crippen LogP contribution < -0.4 is 5.32 Å². The van der Waals surface area contributed by atoms with Gasteiger partial charge < -0.3 is 19.9 Å². The Morgan fingerprint density at radius 3 is 2.92 bits per heavy atom. The van der Waals surface area contributed by atoms with E-state index in [9.17, 15) is 14.4 Å². The summed E-state index contributed by atoms with van der Waals surface area (Å²) < 4.78 is 4.90. The molecule has 0 radical (unpaired) electrons. The Morgan fingerprint density at radius 1 is 1.32 bits per heavy atom. The molecule has 3 rings (SSSR count). The summed E-state index contributed by atoms with van der Waals surface area (Å²) in [6, 6.07) is 6.91. The van der Waals surface area contributed by atoms with Crippen molar-refractivity contribution in [1.29, 1.82) is 0 Å². The molecule has 1 atom stereocenters. The number of carbonyl (C=O) groups is 3. The summed E-state index contributed by atoms with van der Waals surface area (Å²) in [4.78, 5) is 41.4. The zero-order valence-electron chi connectivity index (χ0n) is 14.1. The van der Waals surface area contributed by atoms with E-state index in [1.165, 1.54) is 4.90 Å². The molecule has 7 heteroatoms. The summed E-state index contributed by atoms with van der Waals surface area (Å²) in [5.74, 6) is -0.784. The van der Waals surface area contributed by atoms with Gasteiger partial charge in [-0.05, 0) is 13.0 Å². The van der Waals surface area contributed by atoms with E-state index in [0.717, 1.165) is 10.9 Å². The van der Waals surface area contributed by atoms with Crippen molar-refractivity contribution in [3.05, 3.63) is 36.0 Å². The Hall–Kier alpha value is -2.67. The standard InChI is InChI=1S/C18H21N3O4/c1-2-25-17(23)9-15-18(24)21(8-7-19-15)11-16(22)13-10-20-14-6-4-3-5-12(13)14/h3-6,10,15,19-20H,2,7-9,11H2,1H3/t15-/m1/s1. The second-order valence-electron chi connectivity index (χ2n) is 5.95. The Balaban J connectivity index is 1.68. The highest BCUT2D eigenvalue weighted by molar-refractivity contribution is 6.09. The SMILES string of the molecule is CCOC(=O)C[C@H]1NCCN(CC(=O)c2c[nH]c3ccccc23)C1=O. The van der Waals surface area contributed by atoms with E-state index in [1.807, 2.05) is 24.3 Å². The number of H-pyrrole nitrogens is 1. The lowest BCUT2D eigenvalue weighted by Gasteiger charge is -2.32. The van der Waals surface area contributed by atoms with E-state index < -0.39 is 12.0 Å². The number of para-hydroxylation sites is 1. The minimum absolute atomic E-state index is 0.00167. The van der Waals surface area contributed by atoms with Crippen LogP contribution in [0, 0.1) is 0 Å². The topological polar surface area (TPSA) is 91.5 Å². The Bertz CT molecular complexity index is 798. The Kier molecular flexibility index (Phi) is 5.14. The van der Waals surface area contributed by atoms with Gasteiger partial charge in [0, 0.05) is 35.8 Å². The van der Waals surface area contributed by atoms with Crippen LogP contribution in [0.15, 0.2) is 30.5 Å². The number of ether oxygens (including phenoxy) is 1. The number of piperazine rings is 1. The third-order valence-electron chi connectivity index (χ3n) is 4.28. The fraction of sp³-hybridized carbons (Fsp3) is 0.389. The van der Waals surface area contributed by atoms with Crippen LogP contribution in [0.2, 0.25) is 0 Å². The minimum Gasteiger partial charge on any atom is -0.466 e. The average Bonchev–Trinajstić information content (AvgIpc) is 3.03. The van der Waals surface area contributed by atoms with Crippen LogP contribution in [-0.2, 0) is 14.3 Å². The minimum atomic E-state index is -0.636. The number of esters is 1. The molecule has 1 aliphatic heterocycles. The van der Waals surface area contributed by atoms with Gasteiger partial charge >= 0.3 is 5.97 Å². The number of hydrogen-bond acceptors (Lipinski definition) is 5. The predicted molar refractivity (Wildman–Crippen MR) is 92.2 cm³/mol. The number of nitrogens with one attached hydrogen (secondary N) is 2. The molecular weight excluding hydrogens is 322 g/mol. The van der Waals surface area contributed by atoms with Crippen LogP contribution in [0.5, 0.6) is 0 Å². The quantitative estimate of drug-likeness (QED) is 0.605. The number of fused-ring (bicyclic) bond motifs is 1. The molecule has 0 bridgehead atoms. The van der Waals surface area contributed by atoms with Crippen molar-refractivity contribution in [2.75, 3.05) is 26.2 Å². The maximum absolute atomic E-state index is 12.6. The van der Waals surface area contributed by atoms with E-state index in [4.69, 9.17) is 4.74 Å². The molecule has 2 heterocycles. The molecule has 0 saturated carbocycles. The van der Waals surface area contributed by atoms with E-state index in [2.05, 4.69) is 10.3 Å². The molecule has 2 aromatic rings. The zero-order chi connectivity index (χ0) is 17.8. The van der Waals surface area contributed by atoms with E-state index in [0.29, 0.717) is 18.7 Å². The molecule has 132 valence electrons. The van der Waals surface area contributed by atoms with Crippen LogP contribution in [0.25, 0.3) is 10.9 Å². The van der Waals surface area contributed by atoms with Gasteiger partial charge in [-0.1, -0.05) is 18.2 Å². The van der Waals surface area contributed by atoms with E-state index in [1.54, 1.807) is 13.1 Å². The summed E-state index contributed by atoms with van der Waals surface area (Å²) in [5, 5.41) is 3.86. The highest BCUT2D eigenvalue weighted by Gasteiger charge is 2.32. The molecular formula is C18H21N3O4. The first kappa shape index (κ1) is 17.2. The first-order valence-corrected chi connectivity index (χ1v) is 8.37. The second kappa shape index (κ2) is 7.48. The summed E-state index contributed by atoms with van der Waals surface area (Å²) >= 11 is 0. The van der Waals surface area contributed by atoms with Crippen LogP contribution >= 0.6 is 0 Å². The maximum Gasteiger partial charge on any atom is 0.307 e. The number of nitrogens with zero attached hydrogens (tertiary/aromatic N) is 1. The van der Waals surface area contributed by atoms with Crippen LogP contribution in [0.3, 0.4) is 0 Å². The molecule has 25 heavy (non-hydrogen) atoms. The average molecular weight is 343 g/mol. The molecule has 1 amide bonds. The van der Waals surface area contributed by atoms with Crippen LogP contribution in [-0.4, -0.2) is 59.8 Å². The van der Waals surface area contributed by atoms with Gasteiger partial charge in [0.25, 0.3) is 0 Å². The zero-order valence-corrected chi connectivity index (χ0v) is 14.1. The summed E-state index contributed by atoms with van der Waals surface area (Å²) in [5.41, 5.74) is 1.46. The maximum atomic E-state index is 12.6. The third kappa shape index (κ3) is 3.71. The molecule has 1 aromatic carbocycles. The van der Waals surface area contributed by atoms with Crippen LogP contribution in [0.1, 0.15) is 23.7 Å². The van der Waals surface area contributed by atoms with Gasteiger partial charge in [-0.15, -0.1) is 0 Å². The number of Topliss-reactive ketones (excluding diaryl/α,β-unsaturated/α-hetero) is 1. The van der Waals surface area contributed by atoms with Gasteiger partial charge in [-0.25, -0.2) is 0 Å². The van der Waals surface area contributed by atoms with Crippen molar-refractivity contribution in [3.63, 3.8) is 0 Å². The van der Waals surface area contributed by atoms with Crippen molar-refractivity contribution >= 4 is 28.6 Å². The summed E-state index contributed by atoms with van der Waals surface area (Å²) in [6.45, 7) is 2.98. The summed E-state index contributed by atoms with van der Waals surface area (Å²) in [6.07, 6.45) is 1.65. The lowest BCUT2D eigenvalue weighted by atomic mass is 10.1. The number of aromatic amines is 1. The lowest BCUT2D eigenvalue weighted by molar-refractivity contribution is -0.147. The number of benzene rings is 1. The molecule has 0 spiro atoms. The number of rotatable bonds is 6. The smallest absolute Gasteiger partial charge is 0.307 e. The van der Waals surface area contributed by atoms with Crippen molar-refractivity contribution in [2.45, 2.75) is 19.4 Å². The molecule has 1 aliphatic rings. The second-order valence-corrected chi connectivity index (χ2v) is 5.95. The molecule has 2 N–H and O–H groups in total. The molecule has 7 nitrogen and oxygen atoms in total. The normalized spacial score (nSPS) is 17.7. The molecule has 1 saturated heterocycles. The number of amides is 1. The van der Waals surface area contributed by atoms with Gasteiger partial charge in [0.15, 0.2) is 5.78 Å². The van der Waals surface area contributed by atoms with Gasteiger partial charge in [-0.3, -0.25) is 14.4 Å². The first-order valence-electron chi connectivity index (χ1n) is 8.37. The third-order valence-corrected chi connectivity index (χ3v) is 4.28. The first-order chi connectivity index (χ1) is 12.1. The highest BCUT2D eigenvalue weighted by Crippen LogP contribution is 2.19. The Labute approximate surface area is 145 Å². The molecule has 1 aromatic heterocycles. The number of ketones is 1. The number of carbonyl (C=O) groups excluding carboxylic acids is 3. The van der Waals surface area contributed by atoms with Crippen molar-refractivity contribution in [2.24, 2.45) is 0 Å². The van der Waals surface area contributed by atoms with Gasteiger partial charge in [0.2, 0.25) is 5.91 Å². The Morgan fingerprint density at radius 2 is 2.12 bits per heavy atom. The monoisotopic (exact) mass is 343 g/mol. The lowest BCUT2D eigenvalue weighted by Crippen LogP contribution is -2.56. The van der Waals surface area contributed by atoms with E-state index in [-0.39, 0.29) is 31.3 Å². The fourth-order valence-electron chi connectivity index (χ4n) is 3.06. The van der Waals surface area contributed by atoms with Crippen molar-refractivity contribution < 1.29 is 19.1 Å². The van der Waals surface area contributed by atoms with Crippen molar-refractivity contribution in [3.8, 4) is 0 Å². The summed E-state index contributed by atoms with van der Waals surface area (Å²) in [7, 11) is 0. The van der Waals surface area contributed by atoms with E-state index >= 15 is 0 Å². The number of hydrogen-bond donors (Lipinski definition) is 2. The predicted octanol–water partition coefficient (Wildman–Crippen LogP) is 1.10. The van der Waals surface area contributed by atoms with Gasteiger partial charge in [-0.2, -0.15) is 0 Å². The number of aromatic nitrogens is 1. The molecule has 0 aliphatic carbocycles. The van der Waals surface area contributed by atoms with Crippen LogP contribution in [0.4, 0.5) is 0 Å². The molecule has 1 fully saturated rings.